The van der Waals surface area contributed by atoms with E-state index in [0.29, 0.717) is 38.5 Å². The number of aliphatic hydroxyl groups is 6. The summed E-state index contributed by atoms with van der Waals surface area (Å²) >= 11 is 0. The first-order valence-corrected chi connectivity index (χ1v) is 24.3. The molecule has 0 amide bonds. The molecular weight excluding hydrogens is 795 g/mol. The molecule has 0 radical (unpaired) electrons. The molecule has 1 aliphatic heterocycles. The van der Waals surface area contributed by atoms with Crippen molar-refractivity contribution in [2.45, 2.75) is 217 Å². The van der Waals surface area contributed by atoms with Crippen LogP contribution < -0.4 is 0 Å². The quantitative estimate of drug-likeness (QED) is 0.0371. The second-order valence-electron chi connectivity index (χ2n) is 17.3. The van der Waals surface area contributed by atoms with Gasteiger partial charge in [-0.05, 0) is 24.8 Å². The van der Waals surface area contributed by atoms with Crippen LogP contribution in [0.5, 0.6) is 0 Å². The van der Waals surface area contributed by atoms with Crippen LogP contribution in [0.4, 0.5) is 0 Å². The van der Waals surface area contributed by atoms with Crippen LogP contribution in [0.15, 0.2) is 36.5 Å². The Labute approximate surface area is 372 Å². The Bertz CT molecular complexity index is 1310. The Balaban J connectivity index is 1.28. The fourth-order valence-corrected chi connectivity index (χ4v) is 7.88. The monoisotopic (exact) mass is 880 g/mol. The van der Waals surface area contributed by atoms with Gasteiger partial charge in [0, 0.05) is 13.2 Å². The van der Waals surface area contributed by atoms with E-state index in [2.05, 4.69) is 29.4 Å². The predicted octanol–water partition coefficient (Wildman–Crippen LogP) is 7.10. The van der Waals surface area contributed by atoms with Crippen molar-refractivity contribution in [3.8, 4) is 0 Å². The Hall–Kier alpha value is -2.08. The van der Waals surface area contributed by atoms with Crippen molar-refractivity contribution in [3.05, 3.63) is 47.8 Å². The summed E-state index contributed by atoms with van der Waals surface area (Å²) in [6.45, 7) is 4.92. The van der Waals surface area contributed by atoms with Crippen LogP contribution >= 0.6 is 0 Å². The van der Waals surface area contributed by atoms with Gasteiger partial charge in [0.25, 0.3) is 0 Å². The molecule has 0 saturated carbocycles. The minimum absolute atomic E-state index is 0.241. The molecular formula is C48H85N3O11. The van der Waals surface area contributed by atoms with Crippen LogP contribution in [0.25, 0.3) is 0 Å². The zero-order valence-corrected chi connectivity index (χ0v) is 38.1. The molecule has 1 fully saturated rings. The first-order valence-electron chi connectivity index (χ1n) is 24.3. The minimum atomic E-state index is -1.60. The summed E-state index contributed by atoms with van der Waals surface area (Å²) in [5.41, 5.74) is 1.74. The molecule has 14 nitrogen and oxygen atoms in total. The first-order chi connectivity index (χ1) is 30.3. The summed E-state index contributed by atoms with van der Waals surface area (Å²) in [4.78, 5) is 0. The molecule has 1 aliphatic rings. The molecule has 14 heteroatoms. The van der Waals surface area contributed by atoms with Crippen molar-refractivity contribution in [1.29, 1.82) is 0 Å². The van der Waals surface area contributed by atoms with E-state index in [1.165, 1.54) is 113 Å². The molecule has 8 atom stereocenters. The Morgan fingerprint density at radius 1 is 0.629 bits per heavy atom. The number of aliphatic hydroxyl groups excluding tert-OH is 6. The van der Waals surface area contributed by atoms with Crippen molar-refractivity contribution in [2.75, 3.05) is 39.6 Å². The van der Waals surface area contributed by atoms with Crippen LogP contribution in [0.2, 0.25) is 0 Å². The number of benzene rings is 1. The predicted molar refractivity (Wildman–Crippen MR) is 239 cm³/mol. The lowest BCUT2D eigenvalue weighted by atomic mass is 9.98. The minimum Gasteiger partial charge on any atom is -0.394 e. The van der Waals surface area contributed by atoms with Crippen molar-refractivity contribution in [2.24, 2.45) is 0 Å². The molecule has 2 aromatic rings. The standard InChI is InChI=1S/C48H85N3O11/c1-2-3-4-5-6-7-8-9-12-15-18-24-29-42(53)44(54)41(38-61-48-47(57)46(56)45(55)43(35-52)62-48)51-34-40(49-50-51)37-59-31-26-20-17-14-11-10-13-16-19-25-30-58-32-33-60-36-39-27-22-21-23-28-39/h21-23,27-28,34,41-48,52-57H,2-20,24-26,29-33,35-38H2,1H3/t41-,42+,43+,44-,45-,46-,47+,48-/m0/s1. The summed E-state index contributed by atoms with van der Waals surface area (Å²) in [6.07, 6.45) is 18.6. The number of hydrogen-bond donors (Lipinski definition) is 6. The second-order valence-corrected chi connectivity index (χ2v) is 17.3. The van der Waals surface area contributed by atoms with Crippen LogP contribution in [0, 0.1) is 0 Å². The SMILES string of the molecule is CCCCCCCCCCCCCC[C@@H](O)[C@@H](O)[C@H](CO[C@H]1O[C@H](CO)[C@H](O)[C@H](O)[C@H]1O)n1cc(COCCCCCCCCCCCCOCCOCc2ccccc2)nn1. The summed E-state index contributed by atoms with van der Waals surface area (Å²) in [5.74, 6) is 0. The van der Waals surface area contributed by atoms with Crippen molar-refractivity contribution >= 4 is 0 Å². The Kier molecular flexibility index (Phi) is 30.8. The third-order valence-electron chi connectivity index (χ3n) is 11.9. The Morgan fingerprint density at radius 3 is 1.76 bits per heavy atom. The van der Waals surface area contributed by atoms with Gasteiger partial charge in [0.05, 0.1) is 51.9 Å². The van der Waals surface area contributed by atoms with E-state index < -0.39 is 55.6 Å². The van der Waals surface area contributed by atoms with Gasteiger partial charge < -0.3 is 54.3 Å². The number of hydrogen-bond acceptors (Lipinski definition) is 13. The van der Waals surface area contributed by atoms with Gasteiger partial charge in [-0.2, -0.15) is 0 Å². The van der Waals surface area contributed by atoms with E-state index in [4.69, 9.17) is 23.7 Å². The van der Waals surface area contributed by atoms with E-state index >= 15 is 0 Å². The second kappa shape index (κ2) is 35.2. The summed E-state index contributed by atoms with van der Waals surface area (Å²) < 4.78 is 30.0. The van der Waals surface area contributed by atoms with Gasteiger partial charge in [-0.1, -0.05) is 171 Å². The van der Waals surface area contributed by atoms with Crippen LogP contribution in [0.1, 0.15) is 172 Å². The number of rotatable bonds is 40. The molecule has 0 bridgehead atoms. The third-order valence-corrected chi connectivity index (χ3v) is 11.9. The number of nitrogens with zero attached hydrogens (tertiary/aromatic N) is 3. The molecule has 62 heavy (non-hydrogen) atoms. The van der Waals surface area contributed by atoms with Crippen LogP contribution in [-0.4, -0.2) is 128 Å². The fourth-order valence-electron chi connectivity index (χ4n) is 7.88. The highest BCUT2D eigenvalue weighted by molar-refractivity contribution is 5.13. The maximum Gasteiger partial charge on any atom is 0.186 e. The highest BCUT2D eigenvalue weighted by Crippen LogP contribution is 2.25. The summed E-state index contributed by atoms with van der Waals surface area (Å²) in [6, 6.07) is 9.28. The highest BCUT2D eigenvalue weighted by atomic mass is 16.7. The third kappa shape index (κ3) is 23.2. The van der Waals surface area contributed by atoms with Gasteiger partial charge >= 0.3 is 0 Å². The smallest absolute Gasteiger partial charge is 0.186 e. The molecule has 1 aromatic heterocycles. The molecule has 2 heterocycles. The van der Waals surface area contributed by atoms with Crippen LogP contribution in [0.3, 0.4) is 0 Å². The van der Waals surface area contributed by atoms with Gasteiger partial charge in [0.2, 0.25) is 0 Å². The molecule has 1 aromatic carbocycles. The lowest BCUT2D eigenvalue weighted by molar-refractivity contribution is -0.304. The van der Waals surface area contributed by atoms with Gasteiger partial charge in [-0.3, -0.25) is 0 Å². The van der Waals surface area contributed by atoms with Crippen molar-refractivity contribution in [1.82, 2.24) is 15.0 Å². The van der Waals surface area contributed by atoms with Gasteiger partial charge in [0.1, 0.15) is 42.3 Å². The average Bonchev–Trinajstić information content (AvgIpc) is 3.76. The molecule has 0 unspecified atom stereocenters. The van der Waals surface area contributed by atoms with Crippen LogP contribution in [-0.2, 0) is 36.9 Å². The normalized spacial score (nSPS) is 20.7. The van der Waals surface area contributed by atoms with E-state index in [9.17, 15) is 30.6 Å². The van der Waals surface area contributed by atoms with E-state index in [1.54, 1.807) is 6.20 Å². The highest BCUT2D eigenvalue weighted by Gasteiger charge is 2.44. The summed E-state index contributed by atoms with van der Waals surface area (Å²) in [7, 11) is 0. The average molecular weight is 880 g/mol. The maximum atomic E-state index is 11.4. The van der Waals surface area contributed by atoms with E-state index in [-0.39, 0.29) is 13.2 Å². The van der Waals surface area contributed by atoms with Gasteiger partial charge in [-0.25, -0.2) is 4.68 Å². The fraction of sp³-hybridized carbons (Fsp3) is 0.833. The zero-order valence-electron chi connectivity index (χ0n) is 38.1. The molecule has 0 spiro atoms. The van der Waals surface area contributed by atoms with Gasteiger partial charge in [-0.15, -0.1) is 5.10 Å². The maximum absolute atomic E-state index is 11.4. The lowest BCUT2D eigenvalue weighted by Gasteiger charge is -2.40. The van der Waals surface area contributed by atoms with Gasteiger partial charge in [0.15, 0.2) is 6.29 Å². The number of unbranched alkanes of at least 4 members (excludes halogenated alkanes) is 20. The number of ether oxygens (including phenoxy) is 5. The lowest BCUT2D eigenvalue weighted by Crippen LogP contribution is -2.59. The van der Waals surface area contributed by atoms with Crippen molar-refractivity contribution in [3.63, 3.8) is 0 Å². The first kappa shape index (κ1) is 54.3. The molecule has 6 N–H and O–H groups in total. The van der Waals surface area contributed by atoms with Crippen molar-refractivity contribution < 1.29 is 54.3 Å². The molecule has 358 valence electrons. The topological polar surface area (TPSA) is 198 Å². The van der Waals surface area contributed by atoms with E-state index in [1.807, 2.05) is 18.2 Å². The number of aromatic nitrogens is 3. The molecule has 0 aliphatic carbocycles. The Morgan fingerprint density at radius 2 is 1.16 bits per heavy atom. The molecule has 3 rings (SSSR count). The largest absolute Gasteiger partial charge is 0.394 e. The zero-order chi connectivity index (χ0) is 44.5. The van der Waals surface area contributed by atoms with E-state index in [0.717, 1.165) is 45.1 Å². The summed E-state index contributed by atoms with van der Waals surface area (Å²) in [5, 5.41) is 71.5. The molecule has 1 saturated heterocycles.